The summed E-state index contributed by atoms with van der Waals surface area (Å²) in [4.78, 5) is 15.0. The zero-order valence-electron chi connectivity index (χ0n) is 7.27. The number of nitrogens with zero attached hydrogens (tertiary/aromatic N) is 3. The molecule has 0 aromatic carbocycles. The quantitative estimate of drug-likeness (QED) is 0.665. The van der Waals surface area contributed by atoms with E-state index < -0.39 is 5.97 Å². The molecule has 0 aliphatic rings. The fourth-order valence-electron chi connectivity index (χ4n) is 1.04. The molecule has 0 spiro atoms. The fraction of sp³-hybridized carbons (Fsp3) is 0.125. The molecule has 14 heavy (non-hydrogen) atoms. The van der Waals surface area contributed by atoms with E-state index >= 15 is 0 Å². The lowest BCUT2D eigenvalue weighted by Crippen LogP contribution is -2.03. The summed E-state index contributed by atoms with van der Waals surface area (Å²) >= 11 is 5.74. The number of halogens is 1. The maximum absolute atomic E-state index is 11.1. The second kappa shape index (κ2) is 3.26. The molecule has 5 nitrogen and oxygen atoms in total. The van der Waals surface area contributed by atoms with Crippen LogP contribution >= 0.6 is 11.6 Å². The van der Waals surface area contributed by atoms with E-state index in [1.165, 1.54) is 11.6 Å². The van der Waals surface area contributed by atoms with Crippen LogP contribution in [-0.4, -0.2) is 27.7 Å². The number of carbonyl (C=O) groups is 1. The van der Waals surface area contributed by atoms with Crippen LogP contribution in [0.25, 0.3) is 5.65 Å². The zero-order valence-corrected chi connectivity index (χ0v) is 8.02. The molecule has 2 aromatic rings. The van der Waals surface area contributed by atoms with Crippen LogP contribution < -0.4 is 0 Å². The second-order valence-electron chi connectivity index (χ2n) is 2.58. The summed E-state index contributed by atoms with van der Waals surface area (Å²) < 4.78 is 5.91. The van der Waals surface area contributed by atoms with Gasteiger partial charge in [0.1, 0.15) is 0 Å². The number of methoxy groups -OCH3 is 1. The van der Waals surface area contributed by atoms with Crippen molar-refractivity contribution in [2.45, 2.75) is 0 Å². The van der Waals surface area contributed by atoms with Gasteiger partial charge >= 0.3 is 5.97 Å². The highest BCUT2D eigenvalue weighted by atomic mass is 35.5. The topological polar surface area (TPSA) is 56.5 Å². The lowest BCUT2D eigenvalue weighted by atomic mass is 10.5. The standard InChI is InChI=1S/C8H6ClN3O2/c1-14-8(13)7-10-6-3-2-5(9)4-12(6)11-7/h2-4H,1H3. The molecule has 0 atom stereocenters. The maximum atomic E-state index is 11.1. The van der Waals surface area contributed by atoms with Crippen LogP contribution in [0.3, 0.4) is 0 Å². The molecule has 0 unspecified atom stereocenters. The number of ether oxygens (including phenoxy) is 1. The van der Waals surface area contributed by atoms with Gasteiger partial charge in [0.2, 0.25) is 0 Å². The largest absolute Gasteiger partial charge is 0.463 e. The lowest BCUT2D eigenvalue weighted by Gasteiger charge is -1.90. The predicted molar refractivity (Wildman–Crippen MR) is 49.3 cm³/mol. The smallest absolute Gasteiger partial charge is 0.377 e. The first-order chi connectivity index (χ1) is 6.70. The number of esters is 1. The Balaban J connectivity index is 2.56. The number of aromatic nitrogens is 3. The molecule has 0 amide bonds. The summed E-state index contributed by atoms with van der Waals surface area (Å²) in [6.07, 6.45) is 1.57. The highest BCUT2D eigenvalue weighted by molar-refractivity contribution is 6.30. The molecule has 0 radical (unpaired) electrons. The molecule has 2 rings (SSSR count). The van der Waals surface area contributed by atoms with Crippen LogP contribution in [0.15, 0.2) is 18.3 Å². The van der Waals surface area contributed by atoms with Crippen LogP contribution in [0.1, 0.15) is 10.6 Å². The lowest BCUT2D eigenvalue weighted by molar-refractivity contribution is 0.0587. The van der Waals surface area contributed by atoms with Gasteiger partial charge in [-0.2, -0.15) is 0 Å². The van der Waals surface area contributed by atoms with Gasteiger partial charge in [-0.1, -0.05) is 11.6 Å². The van der Waals surface area contributed by atoms with Gasteiger partial charge in [-0.15, -0.1) is 5.10 Å². The molecule has 0 saturated heterocycles. The van der Waals surface area contributed by atoms with Crippen molar-refractivity contribution in [2.24, 2.45) is 0 Å². The molecule has 0 aliphatic carbocycles. The van der Waals surface area contributed by atoms with Gasteiger partial charge in [0.25, 0.3) is 5.82 Å². The third-order valence-electron chi connectivity index (χ3n) is 1.66. The number of hydrogen-bond donors (Lipinski definition) is 0. The number of rotatable bonds is 1. The van der Waals surface area contributed by atoms with Gasteiger partial charge in [0.05, 0.1) is 12.1 Å². The Hall–Kier alpha value is -1.62. The van der Waals surface area contributed by atoms with Crippen LogP contribution in [-0.2, 0) is 4.74 Å². The highest BCUT2D eigenvalue weighted by Crippen LogP contribution is 2.09. The Morgan fingerprint density at radius 2 is 2.36 bits per heavy atom. The third kappa shape index (κ3) is 1.42. The molecule has 0 N–H and O–H groups in total. The van der Waals surface area contributed by atoms with Gasteiger partial charge in [-0.25, -0.2) is 14.3 Å². The van der Waals surface area contributed by atoms with Crippen LogP contribution in [0.4, 0.5) is 0 Å². The average Bonchev–Trinajstić information content (AvgIpc) is 2.59. The van der Waals surface area contributed by atoms with E-state index in [1.807, 2.05) is 0 Å². The first kappa shape index (κ1) is 8.96. The minimum absolute atomic E-state index is 0.0229. The molecule has 72 valence electrons. The summed E-state index contributed by atoms with van der Waals surface area (Å²) in [5.41, 5.74) is 0.551. The molecular weight excluding hydrogens is 206 g/mol. The molecular formula is C8H6ClN3O2. The van der Waals surface area contributed by atoms with Crippen molar-refractivity contribution in [3.63, 3.8) is 0 Å². The molecule has 0 fully saturated rings. The van der Waals surface area contributed by atoms with Crippen molar-refractivity contribution < 1.29 is 9.53 Å². The molecule has 2 heterocycles. The fourth-order valence-corrected chi connectivity index (χ4v) is 1.19. The highest BCUT2D eigenvalue weighted by Gasteiger charge is 2.12. The van der Waals surface area contributed by atoms with Crippen molar-refractivity contribution >= 4 is 23.2 Å². The molecule has 0 bridgehead atoms. The number of pyridine rings is 1. The van der Waals surface area contributed by atoms with E-state index in [9.17, 15) is 4.79 Å². The zero-order chi connectivity index (χ0) is 10.1. The van der Waals surface area contributed by atoms with Gasteiger partial charge in [0.15, 0.2) is 5.65 Å². The van der Waals surface area contributed by atoms with Gasteiger partial charge < -0.3 is 4.74 Å². The third-order valence-corrected chi connectivity index (χ3v) is 1.89. The van der Waals surface area contributed by atoms with E-state index in [0.717, 1.165) is 0 Å². The van der Waals surface area contributed by atoms with Gasteiger partial charge in [-0.3, -0.25) is 0 Å². The van der Waals surface area contributed by atoms with Crippen molar-refractivity contribution in [3.05, 3.63) is 29.2 Å². The maximum Gasteiger partial charge on any atom is 0.377 e. The molecule has 0 aliphatic heterocycles. The van der Waals surface area contributed by atoms with Crippen LogP contribution in [0, 0.1) is 0 Å². The van der Waals surface area contributed by atoms with E-state index in [-0.39, 0.29) is 5.82 Å². The normalized spacial score (nSPS) is 10.4. The van der Waals surface area contributed by atoms with E-state index in [0.29, 0.717) is 10.7 Å². The number of fused-ring (bicyclic) bond motifs is 1. The second-order valence-corrected chi connectivity index (χ2v) is 3.01. The Kier molecular flexibility index (Phi) is 2.09. The summed E-state index contributed by atoms with van der Waals surface area (Å²) in [5, 5.41) is 4.42. The minimum atomic E-state index is -0.565. The number of carbonyl (C=O) groups excluding carboxylic acids is 1. The van der Waals surface area contributed by atoms with E-state index in [4.69, 9.17) is 11.6 Å². The summed E-state index contributed by atoms with van der Waals surface area (Å²) in [6.45, 7) is 0. The summed E-state index contributed by atoms with van der Waals surface area (Å²) in [7, 11) is 1.28. The summed E-state index contributed by atoms with van der Waals surface area (Å²) in [5.74, 6) is -0.542. The van der Waals surface area contributed by atoms with E-state index in [1.54, 1.807) is 18.3 Å². The van der Waals surface area contributed by atoms with E-state index in [2.05, 4.69) is 14.8 Å². The first-order valence-corrected chi connectivity index (χ1v) is 4.19. The number of hydrogen-bond acceptors (Lipinski definition) is 4. The van der Waals surface area contributed by atoms with Gasteiger partial charge in [-0.05, 0) is 12.1 Å². The Morgan fingerprint density at radius 1 is 1.57 bits per heavy atom. The Bertz CT molecular complexity index is 494. The molecule has 6 heteroatoms. The molecule has 0 saturated carbocycles. The summed E-state index contributed by atoms with van der Waals surface area (Å²) in [6, 6.07) is 3.34. The van der Waals surface area contributed by atoms with Gasteiger partial charge in [0, 0.05) is 6.20 Å². The SMILES string of the molecule is COC(=O)c1nc2ccc(Cl)cn2n1. The Labute approximate surface area is 84.3 Å². The van der Waals surface area contributed by atoms with Crippen LogP contribution in [0.2, 0.25) is 5.02 Å². The molecule has 2 aromatic heterocycles. The van der Waals surface area contributed by atoms with Crippen LogP contribution in [0.5, 0.6) is 0 Å². The predicted octanol–water partition coefficient (Wildman–Crippen LogP) is 1.17. The van der Waals surface area contributed by atoms with Crippen molar-refractivity contribution in [2.75, 3.05) is 7.11 Å². The van der Waals surface area contributed by atoms with Crippen molar-refractivity contribution in [3.8, 4) is 0 Å². The average molecular weight is 212 g/mol. The Morgan fingerprint density at radius 3 is 3.07 bits per heavy atom. The van der Waals surface area contributed by atoms with Crippen molar-refractivity contribution in [1.82, 2.24) is 14.6 Å². The first-order valence-electron chi connectivity index (χ1n) is 3.81. The van der Waals surface area contributed by atoms with Crippen molar-refractivity contribution in [1.29, 1.82) is 0 Å². The monoisotopic (exact) mass is 211 g/mol. The minimum Gasteiger partial charge on any atom is -0.463 e.